The van der Waals surface area contributed by atoms with Crippen LogP contribution in [0.2, 0.25) is 0 Å². The van der Waals surface area contributed by atoms with Gasteiger partial charge in [-0.15, -0.1) is 24.0 Å². The second-order valence-corrected chi connectivity index (χ2v) is 6.07. The Morgan fingerprint density at radius 2 is 2.04 bits per heavy atom. The van der Waals surface area contributed by atoms with E-state index in [4.69, 9.17) is 9.47 Å². The van der Waals surface area contributed by atoms with E-state index < -0.39 is 0 Å². The number of rotatable bonds is 12. The van der Waals surface area contributed by atoms with Crippen molar-refractivity contribution >= 4 is 35.8 Å². The summed E-state index contributed by atoms with van der Waals surface area (Å²) >= 11 is 0. The van der Waals surface area contributed by atoms with Gasteiger partial charge in [-0.3, -0.25) is 9.79 Å². The first-order valence-corrected chi connectivity index (χ1v) is 9.70. The summed E-state index contributed by atoms with van der Waals surface area (Å²) in [5.41, 5.74) is 0. The van der Waals surface area contributed by atoms with Crippen LogP contribution in [-0.2, 0) is 14.3 Å². The lowest BCUT2D eigenvalue weighted by molar-refractivity contribution is -0.130. The summed E-state index contributed by atoms with van der Waals surface area (Å²) in [6.45, 7) is 11.9. The molecule has 0 aromatic carbocycles. The van der Waals surface area contributed by atoms with Crippen molar-refractivity contribution in [3.8, 4) is 0 Å². The van der Waals surface area contributed by atoms with Crippen LogP contribution in [0.1, 0.15) is 46.5 Å². The maximum Gasteiger partial charge on any atom is 0.224 e. The van der Waals surface area contributed by atoms with Crippen LogP contribution in [0.25, 0.3) is 0 Å². The standard InChI is InChI=1S/C18H36N4O3.HI/c1-4-19-18(21-12-10-17(23)22(5-2)6-3)20-11-8-13-24-15-16-9-7-14-25-16;/h16H,4-15H2,1-3H3,(H2,19,20,21);1H. The van der Waals surface area contributed by atoms with Crippen molar-refractivity contribution in [3.05, 3.63) is 0 Å². The van der Waals surface area contributed by atoms with Gasteiger partial charge in [-0.25, -0.2) is 0 Å². The van der Waals surface area contributed by atoms with E-state index in [1.54, 1.807) is 0 Å². The molecule has 1 amide bonds. The minimum atomic E-state index is 0. The molecule has 1 heterocycles. The summed E-state index contributed by atoms with van der Waals surface area (Å²) in [4.78, 5) is 18.4. The molecule has 154 valence electrons. The Morgan fingerprint density at radius 3 is 2.65 bits per heavy atom. The molecule has 0 spiro atoms. The molecule has 1 aliphatic heterocycles. The topological polar surface area (TPSA) is 75.2 Å². The first kappa shape index (κ1) is 25.4. The predicted molar refractivity (Wildman–Crippen MR) is 116 cm³/mol. The van der Waals surface area contributed by atoms with Crippen molar-refractivity contribution in [2.45, 2.75) is 52.6 Å². The number of carbonyl (C=O) groups excluding carboxylic acids is 1. The highest BCUT2D eigenvalue weighted by molar-refractivity contribution is 14.0. The van der Waals surface area contributed by atoms with Crippen molar-refractivity contribution in [3.63, 3.8) is 0 Å². The Hall–Kier alpha value is -0.610. The van der Waals surface area contributed by atoms with Crippen molar-refractivity contribution in [2.75, 3.05) is 52.5 Å². The van der Waals surface area contributed by atoms with E-state index in [1.165, 1.54) is 0 Å². The molecule has 2 N–H and O–H groups in total. The van der Waals surface area contributed by atoms with Crippen LogP contribution >= 0.6 is 24.0 Å². The van der Waals surface area contributed by atoms with Gasteiger partial charge in [0.1, 0.15) is 0 Å². The minimum Gasteiger partial charge on any atom is -0.379 e. The Balaban J connectivity index is 0.00000625. The van der Waals surface area contributed by atoms with E-state index in [-0.39, 0.29) is 36.0 Å². The van der Waals surface area contributed by atoms with E-state index >= 15 is 0 Å². The lowest BCUT2D eigenvalue weighted by Crippen LogP contribution is -2.40. The second-order valence-electron chi connectivity index (χ2n) is 6.07. The van der Waals surface area contributed by atoms with E-state index in [2.05, 4.69) is 15.6 Å². The summed E-state index contributed by atoms with van der Waals surface area (Å²) in [5.74, 6) is 0.935. The van der Waals surface area contributed by atoms with Gasteiger partial charge in [0.15, 0.2) is 5.96 Å². The van der Waals surface area contributed by atoms with Crippen molar-refractivity contribution in [2.24, 2.45) is 4.99 Å². The zero-order chi connectivity index (χ0) is 18.3. The smallest absolute Gasteiger partial charge is 0.224 e. The molecule has 0 aromatic heterocycles. The second kappa shape index (κ2) is 16.6. The van der Waals surface area contributed by atoms with Gasteiger partial charge in [0.25, 0.3) is 0 Å². The zero-order valence-corrected chi connectivity index (χ0v) is 18.9. The molecule has 0 aromatic rings. The van der Waals surface area contributed by atoms with E-state index in [0.29, 0.717) is 32.7 Å². The molecule has 26 heavy (non-hydrogen) atoms. The molecule has 1 unspecified atom stereocenters. The first-order chi connectivity index (χ1) is 12.2. The minimum absolute atomic E-state index is 0. The molecule has 1 aliphatic rings. The molecule has 0 radical (unpaired) electrons. The molecule has 0 bridgehead atoms. The number of hydrogen-bond acceptors (Lipinski definition) is 4. The lowest BCUT2D eigenvalue weighted by Gasteiger charge is -2.19. The largest absolute Gasteiger partial charge is 0.379 e. The highest BCUT2D eigenvalue weighted by Gasteiger charge is 2.14. The quantitative estimate of drug-likeness (QED) is 0.192. The fraction of sp³-hybridized carbons (Fsp3) is 0.889. The number of halogens is 1. The monoisotopic (exact) mass is 484 g/mol. The molecule has 1 atom stereocenters. The molecular weight excluding hydrogens is 447 g/mol. The molecule has 7 nitrogen and oxygen atoms in total. The van der Waals surface area contributed by atoms with Crippen molar-refractivity contribution in [1.29, 1.82) is 0 Å². The van der Waals surface area contributed by atoms with Crippen LogP contribution in [0.3, 0.4) is 0 Å². The third-order valence-corrected chi connectivity index (χ3v) is 4.14. The number of hydrogen-bond donors (Lipinski definition) is 2. The van der Waals surface area contributed by atoms with E-state index in [0.717, 1.165) is 51.5 Å². The highest BCUT2D eigenvalue weighted by atomic mass is 127. The maximum atomic E-state index is 12.0. The summed E-state index contributed by atoms with van der Waals surface area (Å²) in [7, 11) is 0. The van der Waals surface area contributed by atoms with Crippen LogP contribution in [0, 0.1) is 0 Å². The van der Waals surface area contributed by atoms with Gasteiger partial charge < -0.3 is 25.0 Å². The number of carbonyl (C=O) groups is 1. The maximum absolute atomic E-state index is 12.0. The fourth-order valence-electron chi connectivity index (χ4n) is 2.71. The number of aliphatic imine (C=N–C) groups is 1. The van der Waals surface area contributed by atoms with Crippen molar-refractivity contribution < 1.29 is 14.3 Å². The van der Waals surface area contributed by atoms with Gasteiger partial charge in [0.05, 0.1) is 12.7 Å². The molecule has 0 saturated carbocycles. The van der Waals surface area contributed by atoms with Crippen molar-refractivity contribution in [1.82, 2.24) is 15.5 Å². The lowest BCUT2D eigenvalue weighted by atomic mass is 10.2. The molecule has 0 aliphatic carbocycles. The van der Waals surface area contributed by atoms with E-state index in [9.17, 15) is 4.79 Å². The average Bonchev–Trinajstić information content (AvgIpc) is 3.12. The fourth-order valence-corrected chi connectivity index (χ4v) is 2.71. The Bertz CT molecular complexity index is 387. The summed E-state index contributed by atoms with van der Waals surface area (Å²) in [6.07, 6.45) is 3.90. The molecule has 1 rings (SSSR count). The molecule has 8 heteroatoms. The highest BCUT2D eigenvalue weighted by Crippen LogP contribution is 2.11. The first-order valence-electron chi connectivity index (χ1n) is 9.70. The van der Waals surface area contributed by atoms with Crippen LogP contribution < -0.4 is 10.6 Å². The predicted octanol–water partition coefficient (Wildman–Crippen LogP) is 2.00. The number of nitrogens with zero attached hydrogens (tertiary/aromatic N) is 2. The number of nitrogens with one attached hydrogen (secondary N) is 2. The number of guanidine groups is 1. The Morgan fingerprint density at radius 1 is 1.27 bits per heavy atom. The third-order valence-electron chi connectivity index (χ3n) is 4.14. The van der Waals surface area contributed by atoms with Crippen LogP contribution in [0.5, 0.6) is 0 Å². The van der Waals surface area contributed by atoms with Gasteiger partial charge in [-0.1, -0.05) is 0 Å². The number of ether oxygens (including phenoxy) is 2. The van der Waals surface area contributed by atoms with Crippen LogP contribution in [0.4, 0.5) is 0 Å². The zero-order valence-electron chi connectivity index (χ0n) is 16.6. The molecular formula is C18H37IN4O3. The van der Waals surface area contributed by atoms with Gasteiger partial charge in [-0.05, 0) is 40.0 Å². The van der Waals surface area contributed by atoms with E-state index in [1.807, 2.05) is 25.7 Å². The van der Waals surface area contributed by atoms with Gasteiger partial charge >= 0.3 is 0 Å². The van der Waals surface area contributed by atoms with Gasteiger partial charge in [0.2, 0.25) is 5.91 Å². The number of amides is 1. The molecule has 1 saturated heterocycles. The Kier molecular flexibility index (Phi) is 16.2. The van der Waals surface area contributed by atoms with Crippen LogP contribution in [0.15, 0.2) is 4.99 Å². The normalized spacial score (nSPS) is 16.9. The SMILES string of the molecule is CCNC(=NCCCOCC1CCCO1)NCCC(=O)N(CC)CC.I. The molecule has 1 fully saturated rings. The summed E-state index contributed by atoms with van der Waals surface area (Å²) in [5, 5.41) is 6.42. The van der Waals surface area contributed by atoms with Gasteiger partial charge in [-0.2, -0.15) is 0 Å². The van der Waals surface area contributed by atoms with Crippen LogP contribution in [-0.4, -0.2) is 75.4 Å². The Labute approximate surface area is 175 Å². The third kappa shape index (κ3) is 11.2. The summed E-state index contributed by atoms with van der Waals surface area (Å²) < 4.78 is 11.2. The average molecular weight is 484 g/mol. The summed E-state index contributed by atoms with van der Waals surface area (Å²) in [6, 6.07) is 0. The van der Waals surface area contributed by atoms with Gasteiger partial charge in [0, 0.05) is 52.4 Å².